The fraction of sp³-hybridized carbons (Fsp3) is 0. The van der Waals surface area contributed by atoms with Gasteiger partial charge in [-0.15, -0.1) is 0 Å². The van der Waals surface area contributed by atoms with Crippen LogP contribution in [0.2, 0.25) is 5.02 Å². The first-order valence-electron chi connectivity index (χ1n) is 5.69. The Balaban J connectivity index is 2.26. The van der Waals surface area contributed by atoms with Crippen LogP contribution in [0, 0.1) is 0 Å². The van der Waals surface area contributed by atoms with Crippen molar-refractivity contribution in [1.29, 1.82) is 0 Å². The van der Waals surface area contributed by atoms with Crippen LogP contribution in [0.5, 0.6) is 0 Å². The van der Waals surface area contributed by atoms with Crippen molar-refractivity contribution in [3.63, 3.8) is 0 Å². The molecule has 88 valence electrons. The second-order valence-corrected chi connectivity index (χ2v) is 5.42. The molecule has 0 nitrogen and oxygen atoms in total. The van der Waals surface area contributed by atoms with E-state index in [-0.39, 0.29) is 0 Å². The molecule has 0 atom stereocenters. The molecule has 3 rings (SSSR count). The molecule has 3 aromatic rings. The fourth-order valence-corrected chi connectivity index (χ4v) is 3.11. The summed E-state index contributed by atoms with van der Waals surface area (Å²) in [5.41, 5.74) is 2.18. The zero-order valence-electron chi connectivity index (χ0n) is 9.53. The predicted molar refractivity (Wildman–Crippen MR) is 82.1 cm³/mol. The lowest BCUT2D eigenvalue weighted by atomic mass is 10.0. The molecule has 0 bridgehead atoms. The predicted octanol–water partition coefficient (Wildman–Crippen LogP) is 5.92. The Kier molecular flexibility index (Phi) is 3.11. The van der Waals surface area contributed by atoms with Crippen molar-refractivity contribution in [1.82, 2.24) is 0 Å². The van der Waals surface area contributed by atoms with E-state index in [0.29, 0.717) is 0 Å². The van der Waals surface area contributed by atoms with Crippen LogP contribution in [-0.2, 0) is 0 Å². The van der Waals surface area contributed by atoms with Gasteiger partial charge in [0.1, 0.15) is 0 Å². The van der Waals surface area contributed by atoms with Crippen molar-refractivity contribution < 1.29 is 0 Å². The molecule has 0 radical (unpaired) electrons. The topological polar surface area (TPSA) is 0 Å². The molecule has 0 aliphatic carbocycles. The van der Waals surface area contributed by atoms with Gasteiger partial charge in [-0.1, -0.05) is 70.0 Å². The Bertz CT molecular complexity index is 699. The monoisotopic (exact) mass is 316 g/mol. The molecule has 0 unspecified atom stereocenters. The molecule has 0 fully saturated rings. The highest BCUT2D eigenvalue weighted by atomic mass is 79.9. The summed E-state index contributed by atoms with van der Waals surface area (Å²) in [6.45, 7) is 0. The van der Waals surface area contributed by atoms with Crippen LogP contribution in [0.1, 0.15) is 0 Å². The van der Waals surface area contributed by atoms with Gasteiger partial charge in [0.05, 0.1) is 0 Å². The van der Waals surface area contributed by atoms with Gasteiger partial charge in [0, 0.05) is 15.1 Å². The smallest absolute Gasteiger partial charge is 0.0495 e. The Morgan fingerprint density at radius 1 is 0.778 bits per heavy atom. The summed E-state index contributed by atoms with van der Waals surface area (Å²) in [5, 5.41) is 3.23. The minimum atomic E-state index is 0.764. The van der Waals surface area contributed by atoms with Gasteiger partial charge in [-0.3, -0.25) is 0 Å². The van der Waals surface area contributed by atoms with Crippen LogP contribution in [0.25, 0.3) is 21.9 Å². The van der Waals surface area contributed by atoms with E-state index in [1.807, 2.05) is 30.3 Å². The third kappa shape index (κ3) is 2.05. The SMILES string of the molecule is Clc1cccc(Br)c1-c1ccc2ccccc2c1. The maximum Gasteiger partial charge on any atom is 0.0495 e. The molecule has 0 aliphatic rings. The van der Waals surface area contributed by atoms with Crippen LogP contribution in [-0.4, -0.2) is 0 Å². The van der Waals surface area contributed by atoms with Crippen LogP contribution in [0.4, 0.5) is 0 Å². The molecule has 0 aromatic heterocycles. The van der Waals surface area contributed by atoms with E-state index in [2.05, 4.69) is 46.3 Å². The lowest BCUT2D eigenvalue weighted by Gasteiger charge is -2.08. The average molecular weight is 318 g/mol. The lowest BCUT2D eigenvalue weighted by molar-refractivity contribution is 1.60. The zero-order chi connectivity index (χ0) is 12.5. The highest BCUT2D eigenvalue weighted by molar-refractivity contribution is 9.10. The summed E-state index contributed by atoms with van der Waals surface area (Å²) in [6.07, 6.45) is 0. The quantitative estimate of drug-likeness (QED) is 0.522. The first kappa shape index (κ1) is 11.8. The van der Waals surface area contributed by atoms with E-state index in [0.717, 1.165) is 20.6 Å². The summed E-state index contributed by atoms with van der Waals surface area (Å²) in [7, 11) is 0. The van der Waals surface area contributed by atoms with Crippen LogP contribution in [0.3, 0.4) is 0 Å². The number of fused-ring (bicyclic) bond motifs is 1. The highest BCUT2D eigenvalue weighted by Crippen LogP contribution is 2.35. The van der Waals surface area contributed by atoms with Gasteiger partial charge in [-0.2, -0.15) is 0 Å². The van der Waals surface area contributed by atoms with Gasteiger partial charge in [0.15, 0.2) is 0 Å². The summed E-state index contributed by atoms with van der Waals surface area (Å²) < 4.78 is 1.02. The summed E-state index contributed by atoms with van der Waals surface area (Å²) in [4.78, 5) is 0. The molecular weight excluding hydrogens is 308 g/mol. The second kappa shape index (κ2) is 4.75. The average Bonchev–Trinajstić information content (AvgIpc) is 2.38. The van der Waals surface area contributed by atoms with Crippen molar-refractivity contribution in [2.45, 2.75) is 0 Å². The molecule has 0 heterocycles. The van der Waals surface area contributed by atoms with Gasteiger partial charge in [0.2, 0.25) is 0 Å². The first-order valence-corrected chi connectivity index (χ1v) is 6.86. The molecule has 0 saturated carbocycles. The van der Waals surface area contributed by atoms with E-state index in [9.17, 15) is 0 Å². The number of hydrogen-bond donors (Lipinski definition) is 0. The molecule has 0 saturated heterocycles. The van der Waals surface area contributed by atoms with Crippen molar-refractivity contribution in [3.05, 3.63) is 70.2 Å². The zero-order valence-corrected chi connectivity index (χ0v) is 11.9. The van der Waals surface area contributed by atoms with E-state index < -0.39 is 0 Å². The largest absolute Gasteiger partial charge is 0.0836 e. The first-order chi connectivity index (χ1) is 8.75. The van der Waals surface area contributed by atoms with Crippen molar-refractivity contribution in [3.8, 4) is 11.1 Å². The third-order valence-electron chi connectivity index (χ3n) is 3.00. The van der Waals surface area contributed by atoms with Crippen LogP contribution < -0.4 is 0 Å². The molecule has 3 aromatic carbocycles. The Morgan fingerprint density at radius 2 is 1.56 bits per heavy atom. The summed E-state index contributed by atoms with van der Waals surface area (Å²) in [6, 6.07) is 20.6. The van der Waals surface area contributed by atoms with Crippen molar-refractivity contribution in [2.75, 3.05) is 0 Å². The third-order valence-corrected chi connectivity index (χ3v) is 3.98. The molecule has 0 N–H and O–H groups in total. The Morgan fingerprint density at radius 3 is 2.33 bits per heavy atom. The van der Waals surface area contributed by atoms with E-state index in [1.54, 1.807) is 0 Å². The summed E-state index contributed by atoms with van der Waals surface area (Å²) in [5.74, 6) is 0. The Hall–Kier alpha value is -1.31. The molecule has 0 aliphatic heterocycles. The molecule has 0 spiro atoms. The normalized spacial score (nSPS) is 10.8. The maximum atomic E-state index is 6.29. The van der Waals surface area contributed by atoms with Crippen LogP contribution in [0.15, 0.2) is 65.1 Å². The van der Waals surface area contributed by atoms with Crippen molar-refractivity contribution in [2.24, 2.45) is 0 Å². The molecule has 0 amide bonds. The van der Waals surface area contributed by atoms with Gasteiger partial charge in [0.25, 0.3) is 0 Å². The number of benzene rings is 3. The molecule has 2 heteroatoms. The minimum absolute atomic E-state index is 0.764. The van der Waals surface area contributed by atoms with E-state index >= 15 is 0 Å². The fourth-order valence-electron chi connectivity index (χ4n) is 2.12. The Labute approximate surface area is 119 Å². The number of hydrogen-bond acceptors (Lipinski definition) is 0. The van der Waals surface area contributed by atoms with E-state index in [4.69, 9.17) is 11.6 Å². The standard InChI is InChI=1S/C16H10BrCl/c17-14-6-3-7-15(18)16(14)13-9-8-11-4-1-2-5-12(11)10-13/h1-10H. The lowest BCUT2D eigenvalue weighted by Crippen LogP contribution is -1.82. The van der Waals surface area contributed by atoms with Gasteiger partial charge in [-0.25, -0.2) is 0 Å². The maximum absolute atomic E-state index is 6.29. The van der Waals surface area contributed by atoms with Crippen LogP contribution >= 0.6 is 27.5 Å². The van der Waals surface area contributed by atoms with E-state index in [1.165, 1.54) is 10.8 Å². The number of halogens is 2. The van der Waals surface area contributed by atoms with Gasteiger partial charge >= 0.3 is 0 Å². The minimum Gasteiger partial charge on any atom is -0.0836 e. The highest BCUT2D eigenvalue weighted by Gasteiger charge is 2.07. The van der Waals surface area contributed by atoms with Gasteiger partial charge < -0.3 is 0 Å². The molecular formula is C16H10BrCl. The van der Waals surface area contributed by atoms with Gasteiger partial charge in [-0.05, 0) is 34.5 Å². The molecule has 18 heavy (non-hydrogen) atoms. The summed E-state index contributed by atoms with van der Waals surface area (Å²) >= 11 is 9.85. The van der Waals surface area contributed by atoms with Crippen molar-refractivity contribution >= 4 is 38.3 Å². The second-order valence-electron chi connectivity index (χ2n) is 4.16. The number of rotatable bonds is 1.